The molecule has 0 aliphatic heterocycles. The van der Waals surface area contributed by atoms with Crippen molar-refractivity contribution in [2.45, 2.75) is 31.5 Å². The smallest absolute Gasteiger partial charge is 0.224 e. The molecule has 98 valence electrons. The minimum Gasteiger partial charge on any atom is -0.494 e. The lowest BCUT2D eigenvalue weighted by molar-refractivity contribution is -0.116. The van der Waals surface area contributed by atoms with Crippen LogP contribution >= 0.6 is 15.9 Å². The average molecular weight is 312 g/mol. The van der Waals surface area contributed by atoms with Gasteiger partial charge >= 0.3 is 0 Å². The molecule has 3 nitrogen and oxygen atoms in total. The molecule has 1 fully saturated rings. The Morgan fingerprint density at radius 1 is 1.50 bits per heavy atom. The molecule has 1 N–H and O–H groups in total. The highest BCUT2D eigenvalue weighted by Crippen LogP contribution is 2.33. The zero-order chi connectivity index (χ0) is 13.0. The van der Waals surface area contributed by atoms with E-state index in [0.29, 0.717) is 24.3 Å². The molecule has 0 heterocycles. The van der Waals surface area contributed by atoms with Gasteiger partial charge in [0.1, 0.15) is 5.75 Å². The number of alkyl halides is 1. The molecule has 0 saturated heterocycles. The van der Waals surface area contributed by atoms with Gasteiger partial charge in [-0.25, -0.2) is 0 Å². The van der Waals surface area contributed by atoms with Crippen molar-refractivity contribution < 1.29 is 9.53 Å². The van der Waals surface area contributed by atoms with Crippen molar-refractivity contribution in [3.05, 3.63) is 23.8 Å². The Hall–Kier alpha value is -1.03. The first kappa shape index (κ1) is 13.4. The summed E-state index contributed by atoms with van der Waals surface area (Å²) in [5.41, 5.74) is 1.90. The summed E-state index contributed by atoms with van der Waals surface area (Å²) in [6.45, 7) is 2.61. The first-order chi connectivity index (χ1) is 8.72. The minimum atomic E-state index is 0.113. The third kappa shape index (κ3) is 3.73. The van der Waals surface area contributed by atoms with Crippen molar-refractivity contribution in [1.29, 1.82) is 0 Å². The number of carbonyl (C=O) groups is 1. The molecule has 4 heteroatoms. The van der Waals surface area contributed by atoms with Crippen molar-refractivity contribution in [1.82, 2.24) is 0 Å². The third-order valence-corrected chi connectivity index (χ3v) is 3.56. The molecule has 1 aliphatic carbocycles. The van der Waals surface area contributed by atoms with Crippen LogP contribution in [0.5, 0.6) is 5.75 Å². The summed E-state index contributed by atoms with van der Waals surface area (Å²) < 4.78 is 5.52. The van der Waals surface area contributed by atoms with E-state index >= 15 is 0 Å². The molecule has 0 bridgehead atoms. The zero-order valence-corrected chi connectivity index (χ0v) is 12.1. The predicted molar refractivity (Wildman–Crippen MR) is 76.2 cm³/mol. The van der Waals surface area contributed by atoms with Gasteiger partial charge in [0.25, 0.3) is 0 Å². The van der Waals surface area contributed by atoms with Gasteiger partial charge in [-0.2, -0.15) is 0 Å². The third-order valence-electron chi connectivity index (χ3n) is 2.96. The highest BCUT2D eigenvalue weighted by Gasteiger charge is 2.24. The number of carbonyl (C=O) groups excluding carboxylic acids is 1. The topological polar surface area (TPSA) is 38.3 Å². The largest absolute Gasteiger partial charge is 0.494 e. The maximum atomic E-state index is 11.7. The standard InChI is InChI=1S/C14H18BrNO2/c1-2-18-13-6-5-12(8-11(13)9-15)16-14(17)7-10-3-4-10/h5-6,8,10H,2-4,7,9H2,1H3,(H,16,17). The molecule has 18 heavy (non-hydrogen) atoms. The van der Waals surface area contributed by atoms with Crippen LogP contribution in [0.4, 0.5) is 5.69 Å². The number of halogens is 1. The molecular weight excluding hydrogens is 294 g/mol. The quantitative estimate of drug-likeness (QED) is 0.813. The highest BCUT2D eigenvalue weighted by molar-refractivity contribution is 9.08. The van der Waals surface area contributed by atoms with Gasteiger partial charge in [-0.1, -0.05) is 15.9 Å². The van der Waals surface area contributed by atoms with E-state index in [0.717, 1.165) is 17.0 Å². The summed E-state index contributed by atoms with van der Waals surface area (Å²) in [5, 5.41) is 3.66. The van der Waals surface area contributed by atoms with E-state index in [9.17, 15) is 4.79 Å². The Kier molecular flexibility index (Phi) is 4.64. The summed E-state index contributed by atoms with van der Waals surface area (Å²) in [6, 6.07) is 5.76. The fourth-order valence-electron chi connectivity index (χ4n) is 1.85. The van der Waals surface area contributed by atoms with Gasteiger partial charge in [-0.05, 0) is 43.9 Å². The number of hydrogen-bond donors (Lipinski definition) is 1. The Bertz CT molecular complexity index is 430. The van der Waals surface area contributed by atoms with Crippen LogP contribution in [0, 0.1) is 5.92 Å². The summed E-state index contributed by atoms with van der Waals surface area (Å²) in [7, 11) is 0. The fourth-order valence-corrected chi connectivity index (χ4v) is 2.29. The van der Waals surface area contributed by atoms with Crippen molar-refractivity contribution in [3.8, 4) is 5.75 Å². The summed E-state index contributed by atoms with van der Waals surface area (Å²) in [6.07, 6.45) is 3.05. The van der Waals surface area contributed by atoms with Crippen LogP contribution in [0.1, 0.15) is 31.7 Å². The van der Waals surface area contributed by atoms with Crippen LogP contribution in [0.3, 0.4) is 0 Å². The van der Waals surface area contributed by atoms with Crippen LogP contribution < -0.4 is 10.1 Å². The van der Waals surface area contributed by atoms with Crippen LogP contribution in [-0.4, -0.2) is 12.5 Å². The Morgan fingerprint density at radius 3 is 2.89 bits per heavy atom. The van der Waals surface area contributed by atoms with E-state index < -0.39 is 0 Å². The average Bonchev–Trinajstić information content (AvgIpc) is 3.15. The van der Waals surface area contributed by atoms with Crippen molar-refractivity contribution >= 4 is 27.5 Å². The molecule has 0 aromatic heterocycles. The van der Waals surface area contributed by atoms with E-state index in [-0.39, 0.29) is 5.91 Å². The lowest BCUT2D eigenvalue weighted by atomic mass is 10.2. The van der Waals surface area contributed by atoms with E-state index in [1.165, 1.54) is 12.8 Å². The molecule has 0 spiro atoms. The maximum Gasteiger partial charge on any atom is 0.224 e. The minimum absolute atomic E-state index is 0.113. The monoisotopic (exact) mass is 311 g/mol. The zero-order valence-electron chi connectivity index (χ0n) is 10.5. The summed E-state index contributed by atoms with van der Waals surface area (Å²) in [4.78, 5) is 11.7. The van der Waals surface area contributed by atoms with Crippen LogP contribution in [0.2, 0.25) is 0 Å². The van der Waals surface area contributed by atoms with Gasteiger partial charge in [0, 0.05) is 23.0 Å². The molecule has 2 rings (SSSR count). The molecule has 1 amide bonds. The second-order valence-corrected chi connectivity index (χ2v) is 5.15. The molecule has 1 aromatic rings. The second-order valence-electron chi connectivity index (χ2n) is 4.58. The number of hydrogen-bond acceptors (Lipinski definition) is 2. The molecule has 1 saturated carbocycles. The Labute approximate surface area is 116 Å². The lowest BCUT2D eigenvalue weighted by Crippen LogP contribution is -2.12. The van der Waals surface area contributed by atoms with Gasteiger partial charge in [-0.3, -0.25) is 4.79 Å². The van der Waals surface area contributed by atoms with Crippen molar-refractivity contribution in [2.75, 3.05) is 11.9 Å². The molecule has 1 aromatic carbocycles. The van der Waals surface area contributed by atoms with E-state index in [4.69, 9.17) is 4.74 Å². The summed E-state index contributed by atoms with van der Waals surface area (Å²) in [5.74, 6) is 1.60. The van der Waals surface area contributed by atoms with Crippen LogP contribution in [-0.2, 0) is 10.1 Å². The fraction of sp³-hybridized carbons (Fsp3) is 0.500. The van der Waals surface area contributed by atoms with E-state index in [1.54, 1.807) is 0 Å². The first-order valence-corrected chi connectivity index (χ1v) is 7.46. The highest BCUT2D eigenvalue weighted by atomic mass is 79.9. The van der Waals surface area contributed by atoms with Gasteiger partial charge in [0.2, 0.25) is 5.91 Å². The number of benzene rings is 1. The Morgan fingerprint density at radius 2 is 2.28 bits per heavy atom. The second kappa shape index (κ2) is 6.23. The predicted octanol–water partition coefficient (Wildman–Crippen LogP) is 3.72. The number of nitrogens with one attached hydrogen (secondary N) is 1. The Balaban J connectivity index is 2.01. The molecule has 0 radical (unpaired) electrons. The van der Waals surface area contributed by atoms with Crippen LogP contribution in [0.25, 0.3) is 0 Å². The van der Waals surface area contributed by atoms with Crippen LogP contribution in [0.15, 0.2) is 18.2 Å². The van der Waals surface area contributed by atoms with Crippen molar-refractivity contribution in [2.24, 2.45) is 5.92 Å². The number of rotatable bonds is 6. The van der Waals surface area contributed by atoms with Crippen molar-refractivity contribution in [3.63, 3.8) is 0 Å². The number of amides is 1. The van der Waals surface area contributed by atoms with E-state index in [1.807, 2.05) is 25.1 Å². The maximum absolute atomic E-state index is 11.7. The number of anilines is 1. The SMILES string of the molecule is CCOc1ccc(NC(=O)CC2CC2)cc1CBr. The van der Waals surface area contributed by atoms with Gasteiger partial charge in [-0.15, -0.1) is 0 Å². The van der Waals surface area contributed by atoms with Gasteiger partial charge in [0.05, 0.1) is 6.61 Å². The molecule has 0 unspecified atom stereocenters. The normalized spacial score (nSPS) is 14.3. The van der Waals surface area contributed by atoms with Gasteiger partial charge in [0.15, 0.2) is 0 Å². The number of ether oxygens (including phenoxy) is 1. The molecule has 0 atom stereocenters. The molecule has 1 aliphatic rings. The molecular formula is C14H18BrNO2. The van der Waals surface area contributed by atoms with E-state index in [2.05, 4.69) is 21.2 Å². The summed E-state index contributed by atoms with van der Waals surface area (Å²) >= 11 is 3.44. The van der Waals surface area contributed by atoms with Gasteiger partial charge < -0.3 is 10.1 Å². The lowest BCUT2D eigenvalue weighted by Gasteiger charge is -2.11. The first-order valence-electron chi connectivity index (χ1n) is 6.34.